The molecule has 0 bridgehead atoms. The van der Waals surface area contributed by atoms with E-state index >= 15 is 0 Å². The average Bonchev–Trinajstić information content (AvgIpc) is 2.46. The quantitative estimate of drug-likeness (QED) is 0.774. The number of sulfone groups is 1. The lowest BCUT2D eigenvalue weighted by molar-refractivity contribution is 0.113. The van der Waals surface area contributed by atoms with Crippen molar-refractivity contribution in [2.24, 2.45) is 0 Å². The largest absolute Gasteiger partial charge is 0.377 e. The monoisotopic (exact) mass is 235 g/mol. The zero-order valence-corrected chi connectivity index (χ0v) is 10.7. The molecular formula is C10H21NO3S. The van der Waals surface area contributed by atoms with Crippen LogP contribution in [-0.4, -0.2) is 44.7 Å². The van der Waals surface area contributed by atoms with Crippen LogP contribution >= 0.6 is 0 Å². The highest BCUT2D eigenvalue weighted by Gasteiger charge is 2.32. The molecule has 0 aromatic heterocycles. The summed E-state index contributed by atoms with van der Waals surface area (Å²) in [6.07, 6.45) is 2.42. The van der Waals surface area contributed by atoms with E-state index in [9.17, 15) is 8.42 Å². The van der Waals surface area contributed by atoms with Crippen molar-refractivity contribution in [1.82, 2.24) is 5.32 Å². The summed E-state index contributed by atoms with van der Waals surface area (Å²) >= 11 is 0. The van der Waals surface area contributed by atoms with E-state index in [1.165, 1.54) is 6.26 Å². The second-order valence-electron chi connectivity index (χ2n) is 4.88. The van der Waals surface area contributed by atoms with Gasteiger partial charge in [-0.15, -0.1) is 0 Å². The zero-order chi connectivity index (χ0) is 11.7. The molecule has 1 N–H and O–H groups in total. The normalized spacial score (nSPS) is 28.3. The molecule has 1 fully saturated rings. The maximum atomic E-state index is 11.5. The molecule has 0 aliphatic carbocycles. The minimum absolute atomic E-state index is 0.181. The number of hydrogen-bond donors (Lipinski definition) is 1. The van der Waals surface area contributed by atoms with Crippen LogP contribution in [0.3, 0.4) is 0 Å². The Morgan fingerprint density at radius 1 is 1.47 bits per heavy atom. The van der Waals surface area contributed by atoms with Gasteiger partial charge < -0.3 is 10.1 Å². The third kappa shape index (κ3) is 3.16. The van der Waals surface area contributed by atoms with Crippen LogP contribution < -0.4 is 5.32 Å². The molecule has 1 rings (SSSR count). The van der Waals surface area contributed by atoms with E-state index in [-0.39, 0.29) is 12.1 Å². The fraction of sp³-hybridized carbons (Fsp3) is 1.00. The van der Waals surface area contributed by atoms with E-state index in [1.54, 1.807) is 13.8 Å². The van der Waals surface area contributed by atoms with Gasteiger partial charge in [-0.05, 0) is 27.2 Å². The Balaban J connectivity index is 2.49. The molecule has 0 aromatic rings. The van der Waals surface area contributed by atoms with Crippen molar-refractivity contribution >= 4 is 9.84 Å². The molecule has 1 saturated heterocycles. The molecule has 0 amide bonds. The molecule has 0 spiro atoms. The first-order chi connectivity index (χ1) is 6.74. The lowest BCUT2D eigenvalue weighted by Gasteiger charge is -2.26. The second-order valence-corrected chi connectivity index (χ2v) is 7.53. The Morgan fingerprint density at radius 2 is 2.07 bits per heavy atom. The Labute approximate surface area is 92.3 Å². The highest BCUT2D eigenvalue weighted by molar-refractivity contribution is 7.92. The van der Waals surface area contributed by atoms with Gasteiger partial charge in [0.05, 0.1) is 10.9 Å². The van der Waals surface area contributed by atoms with E-state index < -0.39 is 14.6 Å². The second kappa shape index (κ2) is 4.39. The summed E-state index contributed by atoms with van der Waals surface area (Å²) < 4.78 is 27.6. The van der Waals surface area contributed by atoms with Crippen molar-refractivity contribution in [3.05, 3.63) is 0 Å². The third-order valence-corrected chi connectivity index (χ3v) is 5.32. The van der Waals surface area contributed by atoms with Crippen LogP contribution in [-0.2, 0) is 14.6 Å². The highest BCUT2D eigenvalue weighted by atomic mass is 32.2. The van der Waals surface area contributed by atoms with Crippen molar-refractivity contribution in [3.8, 4) is 0 Å². The standard InChI is InChI=1S/C10H21NO3S/c1-8-9(5-6-14-8)11-7-10(2,3)15(4,12)13/h8-9,11H,5-7H2,1-4H3. The molecule has 90 valence electrons. The number of ether oxygens (including phenoxy) is 1. The Morgan fingerprint density at radius 3 is 2.47 bits per heavy atom. The van der Waals surface area contributed by atoms with Gasteiger partial charge in [0.25, 0.3) is 0 Å². The summed E-state index contributed by atoms with van der Waals surface area (Å²) in [6, 6.07) is 0.283. The highest BCUT2D eigenvalue weighted by Crippen LogP contribution is 2.17. The fourth-order valence-electron chi connectivity index (χ4n) is 1.51. The summed E-state index contributed by atoms with van der Waals surface area (Å²) in [5.74, 6) is 0. The van der Waals surface area contributed by atoms with Gasteiger partial charge in [-0.25, -0.2) is 8.42 Å². The Bertz CT molecular complexity index is 311. The smallest absolute Gasteiger partial charge is 0.153 e. The fourth-order valence-corrected chi connectivity index (χ4v) is 1.85. The number of hydrogen-bond acceptors (Lipinski definition) is 4. The van der Waals surface area contributed by atoms with Gasteiger partial charge in [0.2, 0.25) is 0 Å². The van der Waals surface area contributed by atoms with Crippen LogP contribution in [0.4, 0.5) is 0 Å². The van der Waals surface area contributed by atoms with Crippen LogP contribution in [0.2, 0.25) is 0 Å². The topological polar surface area (TPSA) is 55.4 Å². The molecule has 0 radical (unpaired) electrons. The van der Waals surface area contributed by atoms with Crippen molar-refractivity contribution < 1.29 is 13.2 Å². The molecule has 1 heterocycles. The zero-order valence-electron chi connectivity index (χ0n) is 9.91. The summed E-state index contributed by atoms with van der Waals surface area (Å²) in [4.78, 5) is 0. The predicted octanol–water partition coefficient (Wildman–Crippen LogP) is 0.577. The average molecular weight is 235 g/mol. The molecule has 15 heavy (non-hydrogen) atoms. The molecule has 1 aliphatic heterocycles. The van der Waals surface area contributed by atoms with Gasteiger partial charge in [-0.3, -0.25) is 0 Å². The summed E-state index contributed by atoms with van der Waals surface area (Å²) in [5.41, 5.74) is 0. The summed E-state index contributed by atoms with van der Waals surface area (Å²) in [7, 11) is -3.01. The van der Waals surface area contributed by atoms with Crippen molar-refractivity contribution in [2.75, 3.05) is 19.4 Å². The van der Waals surface area contributed by atoms with Gasteiger partial charge in [0, 0.05) is 25.4 Å². The van der Waals surface area contributed by atoms with E-state index in [0.717, 1.165) is 13.0 Å². The Kier molecular flexibility index (Phi) is 3.79. The third-order valence-electron chi connectivity index (χ3n) is 3.17. The van der Waals surface area contributed by atoms with Crippen LogP contribution in [0, 0.1) is 0 Å². The Hall–Kier alpha value is -0.130. The molecule has 4 nitrogen and oxygen atoms in total. The maximum absolute atomic E-state index is 11.5. The molecule has 5 heteroatoms. The van der Waals surface area contributed by atoms with Crippen molar-refractivity contribution in [2.45, 2.75) is 44.1 Å². The van der Waals surface area contributed by atoms with E-state index in [4.69, 9.17) is 4.74 Å². The van der Waals surface area contributed by atoms with Crippen LogP contribution in [0.5, 0.6) is 0 Å². The molecule has 2 unspecified atom stereocenters. The lowest BCUT2D eigenvalue weighted by Crippen LogP contribution is -2.47. The SMILES string of the molecule is CC1OCCC1NCC(C)(C)S(C)(=O)=O. The van der Waals surface area contributed by atoms with E-state index in [2.05, 4.69) is 5.32 Å². The first-order valence-corrected chi connectivity index (χ1v) is 7.18. The first kappa shape index (κ1) is 12.9. The molecule has 0 aromatic carbocycles. The minimum atomic E-state index is -3.01. The van der Waals surface area contributed by atoms with Crippen LogP contribution in [0.1, 0.15) is 27.2 Å². The van der Waals surface area contributed by atoms with E-state index in [1.807, 2.05) is 6.92 Å². The molecule has 1 aliphatic rings. The lowest BCUT2D eigenvalue weighted by atomic mass is 10.1. The maximum Gasteiger partial charge on any atom is 0.153 e. The van der Waals surface area contributed by atoms with Crippen LogP contribution in [0.15, 0.2) is 0 Å². The van der Waals surface area contributed by atoms with Gasteiger partial charge in [-0.1, -0.05) is 0 Å². The summed E-state index contributed by atoms with van der Waals surface area (Å²) in [5, 5.41) is 3.27. The van der Waals surface area contributed by atoms with Gasteiger partial charge in [-0.2, -0.15) is 0 Å². The van der Waals surface area contributed by atoms with Crippen molar-refractivity contribution in [1.29, 1.82) is 0 Å². The molecule has 2 atom stereocenters. The van der Waals surface area contributed by atoms with Crippen molar-refractivity contribution in [3.63, 3.8) is 0 Å². The first-order valence-electron chi connectivity index (χ1n) is 5.28. The predicted molar refractivity (Wildman–Crippen MR) is 60.7 cm³/mol. The summed E-state index contributed by atoms with van der Waals surface area (Å²) in [6.45, 7) is 6.74. The molecule has 0 saturated carbocycles. The van der Waals surface area contributed by atoms with Gasteiger partial charge in [0.1, 0.15) is 0 Å². The van der Waals surface area contributed by atoms with Gasteiger partial charge >= 0.3 is 0 Å². The minimum Gasteiger partial charge on any atom is -0.377 e. The molecular weight excluding hydrogens is 214 g/mol. The number of nitrogens with one attached hydrogen (secondary N) is 1. The van der Waals surface area contributed by atoms with Gasteiger partial charge in [0.15, 0.2) is 9.84 Å². The van der Waals surface area contributed by atoms with E-state index in [0.29, 0.717) is 6.54 Å². The van der Waals surface area contributed by atoms with Crippen LogP contribution in [0.25, 0.3) is 0 Å². The number of rotatable bonds is 4.